The fourth-order valence-corrected chi connectivity index (χ4v) is 2.04. The van der Waals surface area contributed by atoms with Crippen LogP contribution in [0.2, 0.25) is 0 Å². The van der Waals surface area contributed by atoms with Crippen LogP contribution in [0.15, 0.2) is 68.7 Å². The van der Waals surface area contributed by atoms with Crippen LogP contribution in [0.5, 0.6) is 0 Å². The van der Waals surface area contributed by atoms with Gasteiger partial charge in [-0.1, -0.05) is 36.4 Å². The molecule has 0 atom stereocenters. The van der Waals surface area contributed by atoms with Gasteiger partial charge in [0.25, 0.3) is 0 Å². The molecule has 3 aromatic rings. The molecule has 4 heteroatoms. The largest absolute Gasteiger partial charge is 0.152 e. The Morgan fingerprint density at radius 1 is 0.375 bits per heavy atom. The zero-order valence-electron chi connectivity index (χ0n) is 8.73. The maximum absolute atomic E-state index is 2.04. The van der Waals surface area contributed by atoms with Crippen LogP contribution in [0.3, 0.4) is 0 Å². The van der Waals surface area contributed by atoms with Gasteiger partial charge in [0.1, 0.15) is 0 Å². The molecule has 3 radical (unpaired) electrons. The summed E-state index contributed by atoms with van der Waals surface area (Å²) in [5.74, 6) is 0. The van der Waals surface area contributed by atoms with Crippen LogP contribution in [0, 0.1) is 0 Å². The smallest absolute Gasteiger partial charge is 0 e. The molecule has 0 aliphatic heterocycles. The maximum atomic E-state index is 2.04. The molecule has 3 aromatic heterocycles. The van der Waals surface area contributed by atoms with Gasteiger partial charge in [0.15, 0.2) is 0 Å². The van der Waals surface area contributed by atoms with Gasteiger partial charge in [-0.25, -0.2) is 0 Å². The van der Waals surface area contributed by atoms with Crippen molar-refractivity contribution in [1.82, 2.24) is 0 Å². The Labute approximate surface area is 111 Å². The number of rotatable bonds is 0. The second kappa shape index (κ2) is 12.2. The van der Waals surface area contributed by atoms with E-state index in [-0.39, 0.29) is 8.41 Å². The normalized spacial score (nSPS) is 7.50. The summed E-state index contributed by atoms with van der Waals surface area (Å²) >= 11 is 5.14. The third-order valence-electron chi connectivity index (χ3n) is 1.28. The molecule has 0 aliphatic carbocycles. The Hall–Kier alpha value is -0.835. The molecular weight excluding hydrogens is 251 g/mol. The molecule has 0 saturated heterocycles. The first-order valence-electron chi connectivity index (χ1n) is 4.41. The van der Waals surface area contributed by atoms with E-state index >= 15 is 0 Å². The fraction of sp³-hybridized carbons (Fsp3) is 0. The minimum absolute atomic E-state index is 0. The van der Waals surface area contributed by atoms with E-state index in [1.165, 1.54) is 0 Å². The monoisotopic (exact) mass is 263 g/mol. The van der Waals surface area contributed by atoms with Gasteiger partial charge in [0.2, 0.25) is 0 Å². The lowest BCUT2D eigenvalue weighted by molar-refractivity contribution is 2.03. The van der Waals surface area contributed by atoms with Gasteiger partial charge in [0.05, 0.1) is 0 Å². The van der Waals surface area contributed by atoms with Gasteiger partial charge in [-0.2, -0.15) is 34.0 Å². The number of hydrogen-bond acceptors (Lipinski definition) is 3. The topological polar surface area (TPSA) is 0 Å². The highest BCUT2D eigenvalue weighted by Crippen LogP contribution is 1.92. The van der Waals surface area contributed by atoms with Crippen LogP contribution in [0.4, 0.5) is 0 Å². The summed E-state index contributed by atoms with van der Waals surface area (Å²) in [6.07, 6.45) is 0. The Morgan fingerprint density at radius 3 is 0.625 bits per heavy atom. The Kier molecular flexibility index (Phi) is 11.6. The van der Waals surface area contributed by atoms with Gasteiger partial charge in [-0.3, -0.25) is 0 Å². The van der Waals surface area contributed by atoms with Gasteiger partial charge in [-0.05, 0) is 32.3 Å². The van der Waals surface area contributed by atoms with E-state index in [4.69, 9.17) is 0 Å². The van der Waals surface area contributed by atoms with Crippen molar-refractivity contribution >= 4 is 42.4 Å². The molecule has 0 aromatic carbocycles. The maximum Gasteiger partial charge on any atom is 0 e. The zero-order valence-corrected chi connectivity index (χ0v) is 11.2. The zero-order chi connectivity index (χ0) is 10.6. The average molecular weight is 263 g/mol. The lowest BCUT2D eigenvalue weighted by Crippen LogP contribution is -1.16. The van der Waals surface area contributed by atoms with Crippen molar-refractivity contribution in [2.24, 2.45) is 0 Å². The second-order valence-corrected chi connectivity index (χ2v) is 4.83. The van der Waals surface area contributed by atoms with Crippen LogP contribution in [0.1, 0.15) is 0 Å². The lowest BCUT2D eigenvalue weighted by Gasteiger charge is -1.39. The molecule has 3 rings (SSSR count). The van der Waals surface area contributed by atoms with Crippen LogP contribution in [-0.2, 0) is 0 Å². The van der Waals surface area contributed by atoms with Gasteiger partial charge >= 0.3 is 0 Å². The highest BCUT2D eigenvalue weighted by atomic mass is 32.1. The van der Waals surface area contributed by atoms with Crippen LogP contribution in [0.25, 0.3) is 0 Å². The van der Waals surface area contributed by atoms with Crippen molar-refractivity contribution in [3.05, 3.63) is 68.7 Å². The van der Waals surface area contributed by atoms with Crippen molar-refractivity contribution in [2.75, 3.05) is 0 Å². The summed E-state index contributed by atoms with van der Waals surface area (Å²) in [4.78, 5) is 0. The summed E-state index contributed by atoms with van der Waals surface area (Å²) in [6.45, 7) is 0. The Balaban J connectivity index is 0.000000205. The predicted molar refractivity (Wildman–Crippen MR) is 78.7 cm³/mol. The molecule has 0 aliphatic rings. The SMILES string of the molecule is [B].c1ccsc1.c1ccsc1.c1ccsc1. The molecule has 0 spiro atoms. The van der Waals surface area contributed by atoms with Crippen molar-refractivity contribution < 1.29 is 0 Å². The van der Waals surface area contributed by atoms with Crippen LogP contribution in [-0.4, -0.2) is 8.41 Å². The first-order valence-corrected chi connectivity index (χ1v) is 7.24. The Morgan fingerprint density at radius 2 is 0.562 bits per heavy atom. The van der Waals surface area contributed by atoms with Gasteiger partial charge in [-0.15, -0.1) is 0 Å². The first-order chi connectivity index (χ1) is 7.50. The molecular formula is C12H12BS3. The standard InChI is InChI=1S/3C4H4S.B/c3*1-2-4-5-3-1;/h3*1-4H;. The summed E-state index contributed by atoms with van der Waals surface area (Å²) in [5, 5.41) is 12.2. The van der Waals surface area contributed by atoms with Gasteiger partial charge < -0.3 is 0 Å². The summed E-state index contributed by atoms with van der Waals surface area (Å²) < 4.78 is 0. The van der Waals surface area contributed by atoms with E-state index in [1.807, 2.05) is 68.7 Å². The minimum atomic E-state index is 0. The highest BCUT2D eigenvalue weighted by molar-refractivity contribution is 7.08. The lowest BCUT2D eigenvalue weighted by atomic mass is 10.7. The van der Waals surface area contributed by atoms with E-state index in [9.17, 15) is 0 Å². The van der Waals surface area contributed by atoms with E-state index in [0.717, 1.165) is 0 Å². The quantitative estimate of drug-likeness (QED) is 0.508. The Bertz CT molecular complexity index is 248. The van der Waals surface area contributed by atoms with Crippen molar-refractivity contribution in [1.29, 1.82) is 0 Å². The van der Waals surface area contributed by atoms with E-state index in [0.29, 0.717) is 0 Å². The molecule has 0 bridgehead atoms. The molecule has 81 valence electrons. The second-order valence-electron chi connectivity index (χ2n) is 2.38. The molecule has 0 saturated carbocycles. The molecule has 16 heavy (non-hydrogen) atoms. The van der Waals surface area contributed by atoms with Crippen LogP contribution >= 0.6 is 34.0 Å². The van der Waals surface area contributed by atoms with E-state index in [2.05, 4.69) is 0 Å². The molecule has 0 amide bonds. The molecule has 3 heterocycles. The molecule has 0 fully saturated rings. The highest BCUT2D eigenvalue weighted by Gasteiger charge is 1.59. The summed E-state index contributed by atoms with van der Waals surface area (Å²) in [6, 6.07) is 12.1. The average Bonchev–Trinajstić information content (AvgIpc) is 3.09. The summed E-state index contributed by atoms with van der Waals surface area (Å²) in [5.41, 5.74) is 0. The van der Waals surface area contributed by atoms with Crippen LogP contribution < -0.4 is 0 Å². The van der Waals surface area contributed by atoms with Crippen molar-refractivity contribution in [3.63, 3.8) is 0 Å². The van der Waals surface area contributed by atoms with Crippen molar-refractivity contribution in [3.8, 4) is 0 Å². The third kappa shape index (κ3) is 9.71. The first kappa shape index (κ1) is 15.2. The predicted octanol–water partition coefficient (Wildman–Crippen LogP) is 4.86. The molecule has 0 nitrogen and oxygen atoms in total. The summed E-state index contributed by atoms with van der Waals surface area (Å²) in [7, 11) is 0. The molecule has 0 unspecified atom stereocenters. The number of hydrogen-bond donors (Lipinski definition) is 0. The van der Waals surface area contributed by atoms with E-state index in [1.54, 1.807) is 34.0 Å². The minimum Gasteiger partial charge on any atom is -0.152 e. The van der Waals surface area contributed by atoms with Crippen molar-refractivity contribution in [2.45, 2.75) is 0 Å². The van der Waals surface area contributed by atoms with Gasteiger partial charge in [0, 0.05) is 8.41 Å². The fourth-order valence-electron chi connectivity index (χ4n) is 0.680. The molecule has 0 N–H and O–H groups in total. The third-order valence-corrected chi connectivity index (χ3v) is 3.16. The van der Waals surface area contributed by atoms with E-state index < -0.39 is 0 Å². The number of thiophene rings is 3.